The number of nitrogens with one attached hydrogen (secondary N) is 2. The molecule has 0 radical (unpaired) electrons. The van der Waals surface area contributed by atoms with E-state index < -0.39 is 17.7 Å². The van der Waals surface area contributed by atoms with Crippen LogP contribution in [0.15, 0.2) is 23.3 Å². The third-order valence-electron chi connectivity index (χ3n) is 2.53. The summed E-state index contributed by atoms with van der Waals surface area (Å²) in [5.41, 5.74) is 3.51. The molecule has 0 saturated carbocycles. The Labute approximate surface area is 127 Å². The minimum Gasteiger partial charge on any atom is -0.497 e. The summed E-state index contributed by atoms with van der Waals surface area (Å²) in [6, 6.07) is 6.77. The van der Waals surface area contributed by atoms with Gasteiger partial charge in [0.2, 0.25) is 5.71 Å². The van der Waals surface area contributed by atoms with Crippen molar-refractivity contribution >= 4 is 23.4 Å². The molecular weight excluding hydrogens is 288 g/mol. The lowest BCUT2D eigenvalue weighted by Gasteiger charge is -2.07. The number of rotatable bonds is 5. The first kappa shape index (κ1) is 17.0. The maximum Gasteiger partial charge on any atom is 0.414 e. The van der Waals surface area contributed by atoms with E-state index in [1.807, 2.05) is 12.2 Å². The minimum atomic E-state index is -0.945. The largest absolute Gasteiger partial charge is 0.497 e. The normalized spacial score (nSPS) is 10.4. The van der Waals surface area contributed by atoms with Crippen molar-refractivity contribution in [2.45, 2.75) is 13.8 Å². The summed E-state index contributed by atoms with van der Waals surface area (Å²) in [4.78, 5) is 22.8. The van der Waals surface area contributed by atoms with E-state index in [1.165, 1.54) is 0 Å². The number of aryl methyl sites for hydroxylation is 1. The first-order chi connectivity index (χ1) is 10.5. The van der Waals surface area contributed by atoms with E-state index in [1.54, 1.807) is 38.3 Å². The van der Waals surface area contributed by atoms with Gasteiger partial charge in [-0.25, -0.2) is 4.79 Å². The van der Waals surface area contributed by atoms with Gasteiger partial charge >= 0.3 is 6.09 Å². The van der Waals surface area contributed by atoms with Crippen LogP contribution in [0.4, 0.5) is 10.5 Å². The summed E-state index contributed by atoms with van der Waals surface area (Å²) in [5, 5.41) is 14.5. The van der Waals surface area contributed by atoms with Crippen molar-refractivity contribution in [3.63, 3.8) is 0 Å². The van der Waals surface area contributed by atoms with Crippen molar-refractivity contribution in [1.29, 1.82) is 5.26 Å². The van der Waals surface area contributed by atoms with Gasteiger partial charge in [-0.1, -0.05) is 0 Å². The summed E-state index contributed by atoms with van der Waals surface area (Å²) in [6.45, 7) is 3.52. The number of hydrazone groups is 1. The van der Waals surface area contributed by atoms with Crippen LogP contribution < -0.4 is 15.5 Å². The zero-order valence-electron chi connectivity index (χ0n) is 12.5. The van der Waals surface area contributed by atoms with Gasteiger partial charge in [0.05, 0.1) is 19.4 Å². The van der Waals surface area contributed by atoms with Crippen LogP contribution in [0.3, 0.4) is 0 Å². The second-order valence-corrected chi connectivity index (χ2v) is 4.04. The van der Waals surface area contributed by atoms with Crippen LogP contribution in [0.5, 0.6) is 5.75 Å². The molecular formula is C14H16N4O4. The number of carbonyl (C=O) groups is 2. The zero-order chi connectivity index (χ0) is 16.5. The fourth-order valence-electron chi connectivity index (χ4n) is 1.45. The highest BCUT2D eigenvalue weighted by Gasteiger charge is 2.15. The molecule has 8 heteroatoms. The molecule has 8 nitrogen and oxygen atoms in total. The van der Waals surface area contributed by atoms with Gasteiger partial charge in [0, 0.05) is 0 Å². The van der Waals surface area contributed by atoms with E-state index >= 15 is 0 Å². The number of hydrogen-bond donors (Lipinski definition) is 2. The van der Waals surface area contributed by atoms with E-state index in [-0.39, 0.29) is 6.61 Å². The Balaban J connectivity index is 2.79. The van der Waals surface area contributed by atoms with Crippen molar-refractivity contribution in [2.24, 2.45) is 5.10 Å². The Morgan fingerprint density at radius 3 is 2.68 bits per heavy atom. The lowest BCUT2D eigenvalue weighted by molar-refractivity contribution is -0.114. The minimum absolute atomic E-state index is 0.113. The number of amides is 2. The van der Waals surface area contributed by atoms with Crippen molar-refractivity contribution in [1.82, 2.24) is 5.32 Å². The number of hydrogen-bond acceptors (Lipinski definition) is 7. The molecule has 0 saturated heterocycles. The summed E-state index contributed by atoms with van der Waals surface area (Å²) in [6.07, 6.45) is -0.934. The Kier molecular flexibility index (Phi) is 6.37. The first-order valence-corrected chi connectivity index (χ1v) is 6.38. The SMILES string of the molecule is CCOC(=O)NC(=O)/C(C#N)=N\Nc1ccc(OC)cc1C. The average molecular weight is 304 g/mol. The van der Waals surface area contributed by atoms with E-state index in [2.05, 4.69) is 15.3 Å². The Morgan fingerprint density at radius 2 is 2.14 bits per heavy atom. The Hall–Kier alpha value is -3.08. The highest BCUT2D eigenvalue weighted by atomic mass is 16.5. The second-order valence-electron chi connectivity index (χ2n) is 4.04. The van der Waals surface area contributed by atoms with Crippen LogP contribution in [0, 0.1) is 18.3 Å². The van der Waals surface area contributed by atoms with E-state index in [0.29, 0.717) is 11.4 Å². The molecule has 0 unspecified atom stereocenters. The predicted molar refractivity (Wildman–Crippen MR) is 79.6 cm³/mol. The quantitative estimate of drug-likeness (QED) is 0.630. The van der Waals surface area contributed by atoms with E-state index in [0.717, 1.165) is 5.56 Å². The number of nitriles is 1. The fourth-order valence-corrected chi connectivity index (χ4v) is 1.45. The molecule has 0 aromatic heterocycles. The lowest BCUT2D eigenvalue weighted by Crippen LogP contribution is -2.36. The van der Waals surface area contributed by atoms with Gasteiger partial charge in [0.1, 0.15) is 11.8 Å². The summed E-state index contributed by atoms with van der Waals surface area (Å²) in [7, 11) is 1.55. The number of imide groups is 1. The number of benzene rings is 1. The molecule has 0 spiro atoms. The summed E-state index contributed by atoms with van der Waals surface area (Å²) in [5.74, 6) is -0.271. The zero-order valence-corrected chi connectivity index (χ0v) is 12.5. The third kappa shape index (κ3) is 4.79. The molecule has 22 heavy (non-hydrogen) atoms. The van der Waals surface area contributed by atoms with Gasteiger partial charge in [0.25, 0.3) is 5.91 Å². The van der Waals surface area contributed by atoms with Gasteiger partial charge in [-0.3, -0.25) is 15.5 Å². The van der Waals surface area contributed by atoms with Crippen molar-refractivity contribution < 1.29 is 19.1 Å². The first-order valence-electron chi connectivity index (χ1n) is 6.38. The topological polar surface area (TPSA) is 113 Å². The molecule has 0 atom stereocenters. The smallest absolute Gasteiger partial charge is 0.414 e. The monoisotopic (exact) mass is 304 g/mol. The van der Waals surface area contributed by atoms with Crippen LogP contribution in [0.2, 0.25) is 0 Å². The van der Waals surface area contributed by atoms with Gasteiger partial charge in [-0.05, 0) is 37.6 Å². The molecule has 0 aliphatic heterocycles. The van der Waals surface area contributed by atoms with Crippen LogP contribution in [-0.4, -0.2) is 31.4 Å². The van der Waals surface area contributed by atoms with Crippen LogP contribution in [0.25, 0.3) is 0 Å². The highest BCUT2D eigenvalue weighted by molar-refractivity contribution is 6.46. The summed E-state index contributed by atoms with van der Waals surface area (Å²) >= 11 is 0. The van der Waals surface area contributed by atoms with Crippen LogP contribution in [-0.2, 0) is 9.53 Å². The lowest BCUT2D eigenvalue weighted by atomic mass is 10.2. The molecule has 1 aromatic carbocycles. The third-order valence-corrected chi connectivity index (χ3v) is 2.53. The molecule has 0 bridgehead atoms. The number of methoxy groups -OCH3 is 1. The van der Waals surface area contributed by atoms with Gasteiger partial charge in [0.15, 0.2) is 0 Å². The number of carbonyl (C=O) groups excluding carboxylic acids is 2. The molecule has 2 N–H and O–H groups in total. The maximum atomic E-state index is 11.6. The van der Waals surface area contributed by atoms with Gasteiger partial charge < -0.3 is 9.47 Å². The molecule has 0 aliphatic carbocycles. The molecule has 0 aliphatic rings. The Bertz CT molecular complexity index is 634. The predicted octanol–water partition coefficient (Wildman–Crippen LogP) is 1.57. The maximum absolute atomic E-state index is 11.6. The molecule has 0 fully saturated rings. The van der Waals surface area contributed by atoms with Gasteiger partial charge in [-0.2, -0.15) is 10.4 Å². The van der Waals surface area contributed by atoms with Crippen LogP contribution >= 0.6 is 0 Å². The Morgan fingerprint density at radius 1 is 1.41 bits per heavy atom. The van der Waals surface area contributed by atoms with Gasteiger partial charge in [-0.15, -0.1) is 0 Å². The standard InChI is InChI=1S/C14H16N4O4/c1-4-22-14(20)16-13(19)12(8-15)18-17-11-6-5-10(21-3)7-9(11)2/h5-7,17H,4H2,1-3H3,(H,16,19,20)/b18-12-. The van der Waals surface area contributed by atoms with Crippen molar-refractivity contribution in [3.05, 3.63) is 23.8 Å². The van der Waals surface area contributed by atoms with E-state index in [4.69, 9.17) is 10.00 Å². The number of alkyl carbamates (subject to hydrolysis) is 1. The fraction of sp³-hybridized carbons (Fsp3) is 0.286. The highest BCUT2D eigenvalue weighted by Crippen LogP contribution is 2.20. The number of anilines is 1. The van der Waals surface area contributed by atoms with Crippen molar-refractivity contribution in [3.8, 4) is 11.8 Å². The second kappa shape index (κ2) is 8.26. The molecule has 1 aromatic rings. The number of ether oxygens (including phenoxy) is 2. The molecule has 0 heterocycles. The number of nitrogens with zero attached hydrogens (tertiary/aromatic N) is 2. The summed E-state index contributed by atoms with van der Waals surface area (Å²) < 4.78 is 9.62. The van der Waals surface area contributed by atoms with Crippen LogP contribution in [0.1, 0.15) is 12.5 Å². The molecule has 116 valence electrons. The molecule has 1 rings (SSSR count). The molecule has 2 amide bonds. The average Bonchev–Trinajstić information content (AvgIpc) is 2.49. The van der Waals surface area contributed by atoms with E-state index in [9.17, 15) is 9.59 Å². The van der Waals surface area contributed by atoms with Crippen molar-refractivity contribution in [2.75, 3.05) is 19.1 Å².